The SMILES string of the molecule is CC1(C)OC=C(COCc2ccccc2)O1.O. The van der Waals surface area contributed by atoms with Crippen molar-refractivity contribution in [1.82, 2.24) is 0 Å². The van der Waals surface area contributed by atoms with E-state index in [1.807, 2.05) is 44.2 Å². The van der Waals surface area contributed by atoms with E-state index in [0.717, 1.165) is 11.3 Å². The van der Waals surface area contributed by atoms with Crippen LogP contribution in [0.1, 0.15) is 19.4 Å². The summed E-state index contributed by atoms with van der Waals surface area (Å²) in [6, 6.07) is 10.0. The summed E-state index contributed by atoms with van der Waals surface area (Å²) < 4.78 is 16.3. The zero-order valence-electron chi connectivity index (χ0n) is 10.1. The van der Waals surface area contributed by atoms with Gasteiger partial charge < -0.3 is 19.7 Å². The molecule has 1 aliphatic rings. The summed E-state index contributed by atoms with van der Waals surface area (Å²) in [5.41, 5.74) is 1.15. The number of ether oxygens (including phenoxy) is 3. The number of benzene rings is 1. The molecule has 1 aliphatic heterocycles. The minimum Gasteiger partial charge on any atom is -0.457 e. The predicted octanol–water partition coefficient (Wildman–Crippen LogP) is 2.00. The first-order valence-corrected chi connectivity index (χ1v) is 5.33. The lowest BCUT2D eigenvalue weighted by Gasteiger charge is -2.18. The van der Waals surface area contributed by atoms with Gasteiger partial charge in [-0.15, -0.1) is 0 Å². The fraction of sp³-hybridized carbons (Fsp3) is 0.385. The third kappa shape index (κ3) is 4.09. The van der Waals surface area contributed by atoms with E-state index in [0.29, 0.717) is 13.2 Å². The second-order valence-electron chi connectivity index (χ2n) is 4.18. The van der Waals surface area contributed by atoms with Gasteiger partial charge in [0.05, 0.1) is 6.61 Å². The van der Waals surface area contributed by atoms with Crippen molar-refractivity contribution in [3.8, 4) is 0 Å². The molecule has 1 heterocycles. The Hall–Kier alpha value is -1.52. The Morgan fingerprint density at radius 2 is 1.82 bits per heavy atom. The van der Waals surface area contributed by atoms with Gasteiger partial charge in [-0.3, -0.25) is 0 Å². The van der Waals surface area contributed by atoms with Gasteiger partial charge in [0.2, 0.25) is 5.79 Å². The topological polar surface area (TPSA) is 59.2 Å². The van der Waals surface area contributed by atoms with E-state index >= 15 is 0 Å². The highest BCUT2D eigenvalue weighted by atomic mass is 16.7. The van der Waals surface area contributed by atoms with Crippen molar-refractivity contribution in [3.63, 3.8) is 0 Å². The Kier molecular flexibility index (Phi) is 4.54. The van der Waals surface area contributed by atoms with E-state index in [1.54, 1.807) is 6.26 Å². The van der Waals surface area contributed by atoms with Crippen LogP contribution in [0.4, 0.5) is 0 Å². The van der Waals surface area contributed by atoms with Gasteiger partial charge in [-0.1, -0.05) is 30.3 Å². The van der Waals surface area contributed by atoms with E-state index < -0.39 is 5.79 Å². The summed E-state index contributed by atoms with van der Waals surface area (Å²) in [6.45, 7) is 4.77. The Labute approximate surface area is 101 Å². The standard InChI is InChI=1S/C13H16O3.H2O/c1-13(2)15-10-12(16-13)9-14-8-11-6-4-3-5-7-11;/h3-7,10H,8-9H2,1-2H3;1H2. The zero-order valence-corrected chi connectivity index (χ0v) is 10.1. The van der Waals surface area contributed by atoms with Crippen molar-refractivity contribution < 1.29 is 19.7 Å². The third-order valence-corrected chi connectivity index (χ3v) is 2.21. The molecular formula is C13H18O4. The number of rotatable bonds is 4. The van der Waals surface area contributed by atoms with Gasteiger partial charge in [0, 0.05) is 13.8 Å². The molecule has 0 saturated heterocycles. The van der Waals surface area contributed by atoms with Crippen molar-refractivity contribution in [2.75, 3.05) is 6.61 Å². The van der Waals surface area contributed by atoms with Gasteiger partial charge in [0.25, 0.3) is 0 Å². The maximum absolute atomic E-state index is 5.52. The van der Waals surface area contributed by atoms with Crippen molar-refractivity contribution in [1.29, 1.82) is 0 Å². The first-order chi connectivity index (χ1) is 7.66. The highest BCUT2D eigenvalue weighted by molar-refractivity contribution is 5.13. The summed E-state index contributed by atoms with van der Waals surface area (Å²) >= 11 is 0. The van der Waals surface area contributed by atoms with Crippen LogP contribution in [0.15, 0.2) is 42.4 Å². The molecule has 1 aromatic carbocycles. The second kappa shape index (κ2) is 5.70. The quantitative estimate of drug-likeness (QED) is 0.806. The van der Waals surface area contributed by atoms with Gasteiger partial charge in [-0.2, -0.15) is 0 Å². The van der Waals surface area contributed by atoms with Gasteiger partial charge >= 0.3 is 0 Å². The maximum Gasteiger partial charge on any atom is 0.244 e. The molecule has 0 unspecified atom stereocenters. The Morgan fingerprint density at radius 1 is 1.12 bits per heavy atom. The highest BCUT2D eigenvalue weighted by Gasteiger charge is 2.27. The van der Waals surface area contributed by atoms with Crippen LogP contribution in [0.25, 0.3) is 0 Å². The Balaban J connectivity index is 0.00000144. The summed E-state index contributed by atoms with van der Waals surface area (Å²) in [5, 5.41) is 0. The van der Waals surface area contributed by atoms with Crippen LogP contribution in [0.5, 0.6) is 0 Å². The lowest BCUT2D eigenvalue weighted by atomic mass is 10.2. The minimum atomic E-state index is -0.550. The number of hydrogen-bond acceptors (Lipinski definition) is 3. The molecule has 0 bridgehead atoms. The van der Waals surface area contributed by atoms with Crippen molar-refractivity contribution in [3.05, 3.63) is 47.9 Å². The Bertz CT molecular complexity index is 370. The molecule has 4 heteroatoms. The van der Waals surface area contributed by atoms with E-state index in [4.69, 9.17) is 14.2 Å². The maximum atomic E-state index is 5.52. The summed E-state index contributed by atoms with van der Waals surface area (Å²) in [5.74, 6) is 0.187. The number of hydrogen-bond donors (Lipinski definition) is 0. The van der Waals surface area contributed by atoms with Gasteiger partial charge in [0.1, 0.15) is 12.9 Å². The molecular weight excluding hydrogens is 220 g/mol. The largest absolute Gasteiger partial charge is 0.457 e. The summed E-state index contributed by atoms with van der Waals surface area (Å²) in [4.78, 5) is 0. The normalized spacial score (nSPS) is 16.5. The van der Waals surface area contributed by atoms with Crippen LogP contribution < -0.4 is 0 Å². The molecule has 0 atom stereocenters. The average Bonchev–Trinajstić information content (AvgIpc) is 2.60. The zero-order chi connectivity index (χ0) is 11.4. The van der Waals surface area contributed by atoms with Crippen LogP contribution in [0, 0.1) is 0 Å². The molecule has 0 aromatic heterocycles. The van der Waals surface area contributed by atoms with Crippen LogP contribution in [0.3, 0.4) is 0 Å². The molecule has 1 aromatic rings. The molecule has 0 aliphatic carbocycles. The fourth-order valence-corrected chi connectivity index (χ4v) is 1.48. The monoisotopic (exact) mass is 238 g/mol. The second-order valence-corrected chi connectivity index (χ2v) is 4.18. The third-order valence-electron chi connectivity index (χ3n) is 2.21. The summed E-state index contributed by atoms with van der Waals surface area (Å²) in [7, 11) is 0. The molecule has 17 heavy (non-hydrogen) atoms. The minimum absolute atomic E-state index is 0. The molecule has 0 amide bonds. The first-order valence-electron chi connectivity index (χ1n) is 5.33. The van der Waals surface area contributed by atoms with Crippen molar-refractivity contribution in [2.45, 2.75) is 26.2 Å². The highest BCUT2D eigenvalue weighted by Crippen LogP contribution is 2.24. The van der Waals surface area contributed by atoms with Crippen molar-refractivity contribution in [2.24, 2.45) is 0 Å². The smallest absolute Gasteiger partial charge is 0.244 e. The van der Waals surface area contributed by atoms with Gasteiger partial charge in [-0.05, 0) is 5.56 Å². The van der Waals surface area contributed by atoms with Crippen LogP contribution in [0.2, 0.25) is 0 Å². The van der Waals surface area contributed by atoms with E-state index in [2.05, 4.69) is 0 Å². The van der Waals surface area contributed by atoms with E-state index in [1.165, 1.54) is 0 Å². The molecule has 2 rings (SSSR count). The lowest BCUT2D eigenvalue weighted by molar-refractivity contribution is -0.121. The van der Waals surface area contributed by atoms with Crippen LogP contribution in [-0.4, -0.2) is 17.9 Å². The predicted molar refractivity (Wildman–Crippen MR) is 64.0 cm³/mol. The molecule has 0 saturated carbocycles. The van der Waals surface area contributed by atoms with Gasteiger partial charge in [-0.25, -0.2) is 0 Å². The lowest BCUT2D eigenvalue weighted by Crippen LogP contribution is -2.20. The van der Waals surface area contributed by atoms with Crippen LogP contribution in [-0.2, 0) is 20.8 Å². The fourth-order valence-electron chi connectivity index (χ4n) is 1.48. The molecule has 0 radical (unpaired) electrons. The van der Waals surface area contributed by atoms with E-state index in [9.17, 15) is 0 Å². The first kappa shape index (κ1) is 13.5. The average molecular weight is 238 g/mol. The van der Waals surface area contributed by atoms with Gasteiger partial charge in [0.15, 0.2) is 5.76 Å². The molecule has 0 fully saturated rings. The molecule has 4 nitrogen and oxygen atoms in total. The van der Waals surface area contributed by atoms with E-state index in [-0.39, 0.29) is 5.48 Å². The molecule has 0 spiro atoms. The van der Waals surface area contributed by atoms with Crippen LogP contribution >= 0.6 is 0 Å². The van der Waals surface area contributed by atoms with Crippen molar-refractivity contribution >= 4 is 0 Å². The Morgan fingerprint density at radius 3 is 2.41 bits per heavy atom. The summed E-state index contributed by atoms with van der Waals surface area (Å²) in [6.07, 6.45) is 1.62. The molecule has 2 N–H and O–H groups in total. The molecule has 94 valence electrons.